The van der Waals surface area contributed by atoms with Gasteiger partial charge in [0.2, 0.25) is 0 Å². The van der Waals surface area contributed by atoms with Gasteiger partial charge in [0.25, 0.3) is 0 Å². The van der Waals surface area contributed by atoms with Crippen LogP contribution < -0.4 is 9.47 Å². The number of benzene rings is 10. The smallest absolute Gasteiger partial charge is 0.119 e. The van der Waals surface area contributed by atoms with Crippen LogP contribution in [0.15, 0.2) is 243 Å². The van der Waals surface area contributed by atoms with E-state index in [0.29, 0.717) is 64.1 Å². The molecule has 0 radical (unpaired) electrons. The molecule has 460 valence electrons. The zero-order valence-electron chi connectivity index (χ0n) is 51.5. The second-order valence-electron chi connectivity index (χ2n) is 24.3. The van der Waals surface area contributed by atoms with E-state index >= 15 is 0 Å². The van der Waals surface area contributed by atoms with Gasteiger partial charge in [-0.3, -0.25) is 0 Å². The van der Waals surface area contributed by atoms with E-state index < -0.39 is 12.2 Å². The van der Waals surface area contributed by atoms with E-state index in [2.05, 4.69) is 251 Å². The van der Waals surface area contributed by atoms with Gasteiger partial charge in [0, 0.05) is 106 Å². The van der Waals surface area contributed by atoms with Crippen LogP contribution >= 0.6 is 0 Å². The highest BCUT2D eigenvalue weighted by Gasteiger charge is 2.25. The number of ether oxygens (including phenoxy) is 6. The first-order valence-electron chi connectivity index (χ1n) is 31.8. The van der Waals surface area contributed by atoms with Crippen molar-refractivity contribution in [1.82, 2.24) is 18.3 Å². The summed E-state index contributed by atoms with van der Waals surface area (Å²) in [4.78, 5) is 0. The molecule has 12 nitrogen and oxygen atoms in total. The van der Waals surface area contributed by atoms with Gasteiger partial charge < -0.3 is 56.9 Å². The van der Waals surface area contributed by atoms with Gasteiger partial charge in [-0.1, -0.05) is 184 Å². The summed E-state index contributed by atoms with van der Waals surface area (Å²) >= 11 is 0. The second-order valence-corrected chi connectivity index (χ2v) is 24.3. The lowest BCUT2D eigenvalue weighted by Gasteiger charge is -2.27. The quantitative estimate of drug-likeness (QED) is 0.0466. The number of fused-ring (bicyclic) bond motifs is 12. The van der Waals surface area contributed by atoms with Crippen LogP contribution in [0.3, 0.4) is 0 Å². The summed E-state index contributed by atoms with van der Waals surface area (Å²) in [5, 5.41) is 32.4. The predicted octanol–water partition coefficient (Wildman–Crippen LogP) is 15.5. The molecule has 4 heterocycles. The average molecular weight is 1210 g/mol. The number of nitrogens with zero attached hydrogens (tertiary/aromatic N) is 4. The van der Waals surface area contributed by atoms with Crippen molar-refractivity contribution in [1.29, 1.82) is 0 Å². The summed E-state index contributed by atoms with van der Waals surface area (Å²) in [5.74, 6) is 1.31. The Labute approximate surface area is 529 Å². The number of aromatic nitrogens is 4. The van der Waals surface area contributed by atoms with Gasteiger partial charge in [-0.25, -0.2) is 0 Å². The lowest BCUT2D eigenvalue weighted by molar-refractivity contribution is -0.0625. The molecule has 0 amide bonds. The molecule has 10 aromatic carbocycles. The highest BCUT2D eigenvalue weighted by atomic mass is 16.6. The van der Waals surface area contributed by atoms with Crippen LogP contribution in [0.1, 0.15) is 25.0 Å². The number of hydrogen-bond donors (Lipinski definition) is 2. The van der Waals surface area contributed by atoms with Crippen LogP contribution in [-0.4, -0.2) is 106 Å². The van der Waals surface area contributed by atoms with Crippen molar-refractivity contribution in [3.63, 3.8) is 0 Å². The van der Waals surface area contributed by atoms with Crippen LogP contribution in [0.4, 0.5) is 0 Å². The topological polar surface area (TPSA) is 116 Å². The number of rotatable bonds is 28. The van der Waals surface area contributed by atoms with E-state index in [-0.39, 0.29) is 44.1 Å². The molecular weight excluding hydrogens is 1130 g/mol. The fourth-order valence-electron chi connectivity index (χ4n) is 13.4. The minimum atomic E-state index is -0.882. The number of para-hydroxylation sites is 8. The first kappa shape index (κ1) is 59.4. The van der Waals surface area contributed by atoms with Crippen LogP contribution in [0.5, 0.6) is 11.5 Å². The van der Waals surface area contributed by atoms with Crippen molar-refractivity contribution >= 4 is 87.2 Å². The molecule has 0 fully saturated rings. The van der Waals surface area contributed by atoms with Gasteiger partial charge in [-0.15, -0.1) is 0 Å². The molecule has 0 bridgehead atoms. The Morgan fingerprint density at radius 3 is 0.835 bits per heavy atom. The number of aliphatic hydroxyl groups excluding tert-OH is 2. The first-order valence-corrected chi connectivity index (χ1v) is 31.8. The molecule has 14 rings (SSSR count). The van der Waals surface area contributed by atoms with Gasteiger partial charge in [0.05, 0.1) is 64.9 Å². The summed E-state index contributed by atoms with van der Waals surface area (Å²) < 4.78 is 47.8. The van der Waals surface area contributed by atoms with Crippen molar-refractivity contribution < 1.29 is 38.6 Å². The standard InChI is InChI=1S/C79H76N4O8/c1-79(2,55-35-39-59(40-36-55)88-49-57(84)51-90-61(47-82-75-31-15-7-23-67(75)68-24-8-16-32-76(68)82)53-86-45-43-80-71-27-11-3-19-63(71)64-20-4-12-28-72(64)80)56-37-41-60(42-38-56)89-50-58(85)52-91-62(48-83-77-33-17-9-25-69(77)70-26-10-18-34-78(70)83)54-87-46-44-81-73-29-13-5-21-65(73)66-22-6-14-30-74(66)81/h3-42,57-58,61-62,84-85H,43-54H2,1-2H3. The largest absolute Gasteiger partial charge is 0.491 e. The lowest BCUT2D eigenvalue weighted by Crippen LogP contribution is -2.32. The SMILES string of the molecule is CC(C)(c1ccc(OCC(O)COC(COCCn2c3ccccc3c3ccccc32)Cn2c3ccccc3c3ccccc32)cc1)c1ccc(OCC(O)COC(COCCn2c3ccccc3c3ccccc32)Cn2c3ccccc3c3ccccc32)cc1. The van der Waals surface area contributed by atoms with Crippen LogP contribution in [0.25, 0.3) is 87.2 Å². The summed E-state index contributed by atoms with van der Waals surface area (Å²) in [5.41, 5.74) is 11.1. The van der Waals surface area contributed by atoms with E-state index in [1.165, 1.54) is 65.2 Å². The molecule has 4 atom stereocenters. The van der Waals surface area contributed by atoms with E-state index in [1.54, 1.807) is 0 Å². The Balaban J connectivity index is 0.577. The summed E-state index contributed by atoms with van der Waals surface area (Å²) in [7, 11) is 0. The monoisotopic (exact) mass is 1210 g/mol. The second kappa shape index (κ2) is 26.7. The molecule has 0 saturated heterocycles. The fraction of sp³-hybridized carbons (Fsp3) is 0.241. The minimum absolute atomic E-state index is 0.0602. The fourth-order valence-corrected chi connectivity index (χ4v) is 13.4. The molecule has 2 N–H and O–H groups in total. The normalized spacial score (nSPS) is 13.6. The van der Waals surface area contributed by atoms with Gasteiger partial charge in [0.15, 0.2) is 0 Å². The van der Waals surface area contributed by atoms with Gasteiger partial charge in [-0.2, -0.15) is 0 Å². The predicted molar refractivity (Wildman–Crippen MR) is 367 cm³/mol. The van der Waals surface area contributed by atoms with Gasteiger partial charge in [-0.05, 0) is 83.9 Å². The zero-order chi connectivity index (χ0) is 61.7. The lowest BCUT2D eigenvalue weighted by atomic mass is 9.78. The molecule has 0 aliphatic carbocycles. The molecule has 0 aliphatic rings. The zero-order valence-corrected chi connectivity index (χ0v) is 51.5. The summed E-state index contributed by atoms with van der Waals surface area (Å²) in [6, 6.07) is 84.1. The van der Waals surface area contributed by atoms with Crippen LogP contribution in [0, 0.1) is 0 Å². The van der Waals surface area contributed by atoms with Crippen molar-refractivity contribution in [2.24, 2.45) is 0 Å². The van der Waals surface area contributed by atoms with E-state index in [1.807, 2.05) is 24.3 Å². The highest BCUT2D eigenvalue weighted by molar-refractivity contribution is 6.10. The molecule has 0 saturated carbocycles. The van der Waals surface area contributed by atoms with E-state index in [4.69, 9.17) is 28.4 Å². The minimum Gasteiger partial charge on any atom is -0.491 e. The third-order valence-electron chi connectivity index (χ3n) is 18.1. The Bertz CT molecular complexity index is 4280. The molecule has 91 heavy (non-hydrogen) atoms. The Morgan fingerprint density at radius 2 is 0.560 bits per heavy atom. The van der Waals surface area contributed by atoms with Crippen molar-refractivity contribution in [2.45, 2.75) is 69.9 Å². The molecule has 4 aromatic heterocycles. The average Bonchev–Trinajstić information content (AvgIpc) is 1.72. The summed E-state index contributed by atoms with van der Waals surface area (Å²) in [6.45, 7) is 8.77. The number of aliphatic hydroxyl groups is 2. The third kappa shape index (κ3) is 12.4. The highest BCUT2D eigenvalue weighted by Crippen LogP contribution is 2.36. The van der Waals surface area contributed by atoms with Crippen molar-refractivity contribution in [2.75, 3.05) is 52.9 Å². The van der Waals surface area contributed by atoms with Crippen molar-refractivity contribution in [3.8, 4) is 11.5 Å². The maximum Gasteiger partial charge on any atom is 0.119 e. The Kier molecular flexibility index (Phi) is 17.4. The maximum atomic E-state index is 11.4. The molecule has 0 spiro atoms. The Morgan fingerprint density at radius 1 is 0.308 bits per heavy atom. The van der Waals surface area contributed by atoms with E-state index in [9.17, 15) is 10.2 Å². The maximum absolute atomic E-state index is 11.4. The molecule has 0 aliphatic heterocycles. The van der Waals surface area contributed by atoms with Crippen molar-refractivity contribution in [3.05, 3.63) is 254 Å². The molecule has 14 aromatic rings. The summed E-state index contributed by atoms with van der Waals surface area (Å²) in [6.07, 6.45) is -2.48. The molecular formula is C79H76N4O8. The Hall–Kier alpha value is -9.24. The first-order chi connectivity index (χ1) is 44.7. The van der Waals surface area contributed by atoms with E-state index in [0.717, 1.165) is 33.2 Å². The van der Waals surface area contributed by atoms with Gasteiger partial charge >= 0.3 is 0 Å². The van der Waals surface area contributed by atoms with Crippen LogP contribution in [0.2, 0.25) is 0 Å². The molecule has 4 unspecified atom stereocenters. The van der Waals surface area contributed by atoms with Crippen LogP contribution in [-0.2, 0) is 50.5 Å². The van der Waals surface area contributed by atoms with Gasteiger partial charge in [0.1, 0.15) is 36.9 Å². The number of hydrogen-bond acceptors (Lipinski definition) is 8. The third-order valence-corrected chi connectivity index (χ3v) is 18.1. The molecule has 12 heteroatoms.